The quantitative estimate of drug-likeness (QED) is 0.105. The maximum atomic E-state index is 14.4. The maximum Gasteiger partial charge on any atom is 0.530 e. The monoisotopic (exact) mass is 695 g/mol. The number of carbonyl (C=O) groups excluding carboxylic acids is 1. The number of carboxylic acid groups (broad SMARTS) is 1. The first-order valence-electron chi connectivity index (χ1n) is 16.0. The zero-order valence-corrected chi connectivity index (χ0v) is 27.8. The van der Waals surface area contributed by atoms with E-state index in [1.165, 1.54) is 18.2 Å². The van der Waals surface area contributed by atoms with Gasteiger partial charge >= 0.3 is 19.9 Å². The molecule has 50 heavy (non-hydrogen) atoms. The minimum Gasteiger partial charge on any atom is -0.480 e. The van der Waals surface area contributed by atoms with E-state index in [0.717, 1.165) is 33.4 Å². The molecule has 1 aliphatic rings. The Hall–Kier alpha value is -5.28. The second-order valence-corrected chi connectivity index (χ2v) is 13.3. The van der Waals surface area contributed by atoms with Crippen LogP contribution in [0.4, 0.5) is 9.18 Å². The number of benzene rings is 5. The number of alkyl halides is 1. The number of carbonyl (C=O) groups is 2. The van der Waals surface area contributed by atoms with Gasteiger partial charge in [0.25, 0.3) is 0 Å². The Balaban J connectivity index is 1.12. The molecule has 0 saturated heterocycles. The van der Waals surface area contributed by atoms with E-state index < -0.39 is 32.6 Å². The number of hydrogen-bond donors (Lipinski definition) is 2. The maximum absolute atomic E-state index is 14.4. The highest BCUT2D eigenvalue weighted by Gasteiger charge is 2.32. The number of phosphoric ester groups is 1. The summed E-state index contributed by atoms with van der Waals surface area (Å²) in [5.41, 5.74) is 6.03. The Bertz CT molecular complexity index is 1900. The number of rotatable bonds is 15. The third-order valence-corrected chi connectivity index (χ3v) is 9.63. The number of alkyl carbamates (subject to hydrolysis) is 1. The molecule has 9 nitrogen and oxygen atoms in total. The predicted octanol–water partition coefficient (Wildman–Crippen LogP) is 8.61. The fraction of sp³-hybridized carbons (Fsp3) is 0.179. The van der Waals surface area contributed by atoms with E-state index in [9.17, 15) is 23.7 Å². The van der Waals surface area contributed by atoms with Crippen molar-refractivity contribution in [3.63, 3.8) is 0 Å². The summed E-state index contributed by atoms with van der Waals surface area (Å²) < 4.78 is 50.8. The molecule has 11 heteroatoms. The van der Waals surface area contributed by atoms with Crippen LogP contribution in [0.3, 0.4) is 0 Å². The summed E-state index contributed by atoms with van der Waals surface area (Å²) >= 11 is 0. The molecule has 1 aliphatic carbocycles. The topological polar surface area (TPSA) is 120 Å². The van der Waals surface area contributed by atoms with Crippen molar-refractivity contribution in [2.75, 3.05) is 6.61 Å². The van der Waals surface area contributed by atoms with Crippen molar-refractivity contribution in [3.8, 4) is 16.9 Å². The van der Waals surface area contributed by atoms with Gasteiger partial charge in [0.05, 0.1) is 13.2 Å². The summed E-state index contributed by atoms with van der Waals surface area (Å²) in [6.45, 7) is -1.17. The van der Waals surface area contributed by atoms with E-state index in [2.05, 4.69) is 5.32 Å². The molecule has 0 heterocycles. The van der Waals surface area contributed by atoms with Gasteiger partial charge in [0.15, 0.2) is 0 Å². The standard InChI is InChI=1S/C39H35FNO8P/c40-23-30-21-29(19-20-37(30)49-50(45,47-24-27-11-3-1-4-12-27)48-25-28-13-5-2-6-14-28)22-36(38(42)43)41-39(44)46-26-35-33-17-9-7-15-31(33)32-16-8-10-18-34(32)35/h1-21,35-36H,22-26H2,(H,41,44)(H,42,43)/t36-/m1/s1. The number of phosphoric acid groups is 1. The van der Waals surface area contributed by atoms with Gasteiger partial charge < -0.3 is 19.7 Å². The van der Waals surface area contributed by atoms with Gasteiger partial charge in [-0.3, -0.25) is 9.05 Å². The Kier molecular flexibility index (Phi) is 11.0. The third-order valence-electron chi connectivity index (χ3n) is 8.32. The molecule has 5 aromatic rings. The van der Waals surface area contributed by atoms with Crippen LogP contribution in [0.5, 0.6) is 5.75 Å². The molecule has 2 N–H and O–H groups in total. The molecule has 0 bridgehead atoms. The number of amides is 1. The first-order valence-corrected chi connectivity index (χ1v) is 17.5. The molecule has 1 amide bonds. The van der Waals surface area contributed by atoms with Gasteiger partial charge in [-0.15, -0.1) is 0 Å². The highest BCUT2D eigenvalue weighted by Crippen LogP contribution is 2.52. The fourth-order valence-electron chi connectivity index (χ4n) is 5.84. The summed E-state index contributed by atoms with van der Waals surface area (Å²) in [5, 5.41) is 12.3. The second kappa shape index (κ2) is 16.0. The van der Waals surface area contributed by atoms with Gasteiger partial charge in [0, 0.05) is 17.9 Å². The molecule has 0 radical (unpaired) electrons. The molecule has 0 spiro atoms. The van der Waals surface area contributed by atoms with Gasteiger partial charge in [-0.2, -0.15) is 0 Å². The van der Waals surface area contributed by atoms with Gasteiger partial charge in [-0.05, 0) is 51.1 Å². The third kappa shape index (κ3) is 8.47. The second-order valence-electron chi connectivity index (χ2n) is 11.7. The predicted molar refractivity (Wildman–Crippen MR) is 185 cm³/mol. The van der Waals surface area contributed by atoms with E-state index >= 15 is 0 Å². The summed E-state index contributed by atoms with van der Waals surface area (Å²) in [5.74, 6) is -1.58. The SMILES string of the molecule is O=C(N[C@H](Cc1ccc(OP(=O)(OCc2ccccc2)OCc2ccccc2)c(CF)c1)C(=O)O)OCC1c2ccccc2-c2ccccc21. The lowest BCUT2D eigenvalue weighted by Gasteiger charge is -2.21. The fourth-order valence-corrected chi connectivity index (χ4v) is 7.05. The molecule has 0 aliphatic heterocycles. The van der Waals surface area contributed by atoms with Crippen molar-refractivity contribution in [1.29, 1.82) is 0 Å². The first-order chi connectivity index (χ1) is 24.3. The molecule has 0 unspecified atom stereocenters. The molecule has 1 atom stereocenters. The van der Waals surface area contributed by atoms with Gasteiger partial charge in [0.1, 0.15) is 25.1 Å². The van der Waals surface area contributed by atoms with Crippen LogP contribution in [0.2, 0.25) is 0 Å². The van der Waals surface area contributed by atoms with E-state index in [1.807, 2.05) is 84.9 Å². The molecular weight excluding hydrogens is 660 g/mol. The first kappa shape index (κ1) is 34.6. The zero-order chi connectivity index (χ0) is 34.9. The van der Waals surface area contributed by atoms with Gasteiger partial charge in [-0.1, -0.05) is 115 Å². The number of nitrogens with one attached hydrogen (secondary N) is 1. The Labute approximate surface area is 289 Å². The van der Waals surface area contributed by atoms with Crippen molar-refractivity contribution in [2.45, 2.75) is 38.3 Å². The molecular formula is C39H35FNO8P. The molecule has 6 rings (SSSR count). The van der Waals surface area contributed by atoms with Gasteiger partial charge in [0.2, 0.25) is 0 Å². The minimum atomic E-state index is -4.28. The van der Waals surface area contributed by atoms with Crippen LogP contribution in [0.25, 0.3) is 11.1 Å². The van der Waals surface area contributed by atoms with Crippen LogP contribution in [0.15, 0.2) is 127 Å². The Morgan fingerprint density at radius 1 is 0.740 bits per heavy atom. The number of hydrogen-bond acceptors (Lipinski definition) is 7. The highest BCUT2D eigenvalue weighted by molar-refractivity contribution is 7.48. The number of halogens is 1. The lowest BCUT2D eigenvalue weighted by Crippen LogP contribution is -2.42. The number of fused-ring (bicyclic) bond motifs is 3. The van der Waals surface area contributed by atoms with Crippen LogP contribution in [0.1, 0.15) is 39.3 Å². The minimum absolute atomic E-state index is 0.000346. The van der Waals surface area contributed by atoms with Crippen LogP contribution >= 0.6 is 7.82 Å². The molecule has 5 aromatic carbocycles. The molecule has 0 saturated carbocycles. The largest absolute Gasteiger partial charge is 0.530 e. The van der Waals surface area contributed by atoms with E-state index in [0.29, 0.717) is 5.56 Å². The van der Waals surface area contributed by atoms with Crippen molar-refractivity contribution in [1.82, 2.24) is 5.32 Å². The van der Waals surface area contributed by atoms with E-state index in [-0.39, 0.29) is 43.5 Å². The Morgan fingerprint density at radius 2 is 1.28 bits per heavy atom. The summed E-state index contributed by atoms with van der Waals surface area (Å²) in [7, 11) is -4.28. The average Bonchev–Trinajstić information content (AvgIpc) is 3.47. The van der Waals surface area contributed by atoms with E-state index in [1.54, 1.807) is 24.3 Å². The smallest absolute Gasteiger partial charge is 0.480 e. The summed E-state index contributed by atoms with van der Waals surface area (Å²) in [4.78, 5) is 25.0. The molecule has 0 fully saturated rings. The molecule has 256 valence electrons. The summed E-state index contributed by atoms with van der Waals surface area (Å²) in [6.07, 6.45) is -1.07. The highest BCUT2D eigenvalue weighted by atomic mass is 31.2. The van der Waals surface area contributed by atoms with Crippen molar-refractivity contribution >= 4 is 19.9 Å². The normalized spacial score (nSPS) is 12.8. The van der Waals surface area contributed by atoms with Crippen molar-refractivity contribution in [3.05, 3.63) is 161 Å². The average molecular weight is 696 g/mol. The van der Waals surface area contributed by atoms with Crippen LogP contribution < -0.4 is 9.84 Å². The van der Waals surface area contributed by atoms with Crippen molar-refractivity contribution in [2.24, 2.45) is 0 Å². The zero-order valence-electron chi connectivity index (χ0n) is 26.9. The summed E-state index contributed by atoms with van der Waals surface area (Å²) in [6, 6.07) is 36.7. The van der Waals surface area contributed by atoms with E-state index in [4.69, 9.17) is 18.3 Å². The number of aliphatic carboxylic acids is 1. The lowest BCUT2D eigenvalue weighted by atomic mass is 9.98. The molecule has 0 aromatic heterocycles. The van der Waals surface area contributed by atoms with Gasteiger partial charge in [-0.25, -0.2) is 18.5 Å². The van der Waals surface area contributed by atoms with Crippen LogP contribution in [-0.4, -0.2) is 29.8 Å². The van der Waals surface area contributed by atoms with Crippen molar-refractivity contribution < 1.29 is 42.0 Å². The van der Waals surface area contributed by atoms with Crippen LogP contribution in [-0.2, 0) is 49.5 Å². The number of carboxylic acids is 1. The number of ether oxygens (including phenoxy) is 1. The van der Waals surface area contributed by atoms with Crippen LogP contribution in [0, 0.1) is 0 Å². The Morgan fingerprint density at radius 3 is 1.82 bits per heavy atom. The lowest BCUT2D eigenvalue weighted by molar-refractivity contribution is -0.139.